The van der Waals surface area contributed by atoms with Crippen LogP contribution in [-0.2, 0) is 6.54 Å². The molecule has 1 N–H and O–H groups in total. The maximum absolute atomic E-state index is 13.6. The van der Waals surface area contributed by atoms with Crippen molar-refractivity contribution in [2.75, 3.05) is 20.1 Å². The number of nitrogens with zero attached hydrogens (tertiary/aromatic N) is 2. The largest absolute Gasteiger partial charge is 0.330 e. The molecule has 0 aliphatic carbocycles. The maximum Gasteiger partial charge on any atom is 0.178 e. The molecule has 0 amide bonds. The number of aryl methyl sites for hydroxylation is 1. The van der Waals surface area contributed by atoms with Gasteiger partial charge in [-0.25, -0.2) is 4.39 Å². The number of rotatable bonds is 2. The molecule has 0 bridgehead atoms. The van der Waals surface area contributed by atoms with Crippen molar-refractivity contribution in [1.82, 2.24) is 14.5 Å². The summed E-state index contributed by atoms with van der Waals surface area (Å²) in [6.45, 7) is 5.02. The number of hydrogen-bond acceptors (Lipinski definition) is 2. The van der Waals surface area contributed by atoms with Gasteiger partial charge in [0.05, 0.1) is 11.0 Å². The summed E-state index contributed by atoms with van der Waals surface area (Å²) in [5.41, 5.74) is 2.49. The lowest BCUT2D eigenvalue weighted by Crippen LogP contribution is -2.31. The van der Waals surface area contributed by atoms with E-state index < -0.39 is 0 Å². The molecular weight excluding hydrogens is 273 g/mol. The summed E-state index contributed by atoms with van der Waals surface area (Å²) >= 11 is 5.41. The molecule has 1 aromatic carbocycles. The van der Waals surface area contributed by atoms with E-state index in [9.17, 15) is 4.39 Å². The first kappa shape index (κ1) is 13.8. The number of halogens is 1. The highest BCUT2D eigenvalue weighted by Gasteiger charge is 2.18. The quantitative estimate of drug-likeness (QED) is 0.857. The minimum atomic E-state index is -0.180. The summed E-state index contributed by atoms with van der Waals surface area (Å²) in [5.74, 6) is 0.474. The van der Waals surface area contributed by atoms with Gasteiger partial charge in [0.1, 0.15) is 5.82 Å². The topological polar surface area (TPSA) is 24.0 Å². The second-order valence-electron chi connectivity index (χ2n) is 5.91. The molecule has 0 saturated carbocycles. The predicted molar refractivity (Wildman–Crippen MR) is 82.0 cm³/mol. The molecule has 5 heteroatoms. The first-order valence-electron chi connectivity index (χ1n) is 7.12. The van der Waals surface area contributed by atoms with Crippen molar-refractivity contribution in [2.24, 2.45) is 5.92 Å². The Labute approximate surface area is 123 Å². The summed E-state index contributed by atoms with van der Waals surface area (Å²) in [5, 5.41) is 0. The lowest BCUT2D eigenvalue weighted by molar-refractivity contribution is 0.206. The molecule has 2 aromatic rings. The molecule has 0 unspecified atom stereocenters. The van der Waals surface area contributed by atoms with Gasteiger partial charge in [0.2, 0.25) is 0 Å². The molecule has 1 aliphatic rings. The van der Waals surface area contributed by atoms with Gasteiger partial charge in [0.25, 0.3) is 0 Å². The molecule has 0 atom stereocenters. The van der Waals surface area contributed by atoms with Gasteiger partial charge < -0.3 is 14.5 Å². The Morgan fingerprint density at radius 2 is 2.05 bits per heavy atom. The number of H-pyrrole nitrogens is 1. The number of aromatic nitrogens is 2. The normalized spacial score (nSPS) is 17.9. The van der Waals surface area contributed by atoms with E-state index in [1.54, 1.807) is 13.0 Å². The van der Waals surface area contributed by atoms with Crippen molar-refractivity contribution in [3.8, 4) is 0 Å². The van der Waals surface area contributed by atoms with E-state index >= 15 is 0 Å². The van der Waals surface area contributed by atoms with E-state index in [-0.39, 0.29) is 5.82 Å². The molecule has 0 radical (unpaired) electrons. The molecule has 1 fully saturated rings. The van der Waals surface area contributed by atoms with Crippen LogP contribution in [0, 0.1) is 23.4 Å². The van der Waals surface area contributed by atoms with Gasteiger partial charge in [0.15, 0.2) is 4.77 Å². The van der Waals surface area contributed by atoms with Crippen molar-refractivity contribution < 1.29 is 4.39 Å². The van der Waals surface area contributed by atoms with E-state index in [0.29, 0.717) is 16.3 Å². The van der Waals surface area contributed by atoms with Crippen LogP contribution in [0.2, 0.25) is 0 Å². The molecule has 1 saturated heterocycles. The Hall–Kier alpha value is -1.20. The molecule has 1 aliphatic heterocycles. The fraction of sp³-hybridized carbons (Fsp3) is 0.533. The van der Waals surface area contributed by atoms with Gasteiger partial charge >= 0.3 is 0 Å². The molecular formula is C15H20FN3S. The van der Waals surface area contributed by atoms with Crippen molar-refractivity contribution >= 4 is 23.3 Å². The Balaban J connectivity index is 1.93. The standard InChI is InChI=1S/C15H20FN3S/c1-10-7-14-13(8-12(10)16)17-15(20)19(14)9-11-3-5-18(2)6-4-11/h7-8,11H,3-6,9H2,1-2H3,(H,17,20). The van der Waals surface area contributed by atoms with Gasteiger partial charge in [-0.3, -0.25) is 0 Å². The number of fused-ring (bicyclic) bond motifs is 1. The number of hydrogen-bond donors (Lipinski definition) is 1. The van der Waals surface area contributed by atoms with Crippen molar-refractivity contribution in [3.05, 3.63) is 28.3 Å². The number of benzene rings is 1. The highest BCUT2D eigenvalue weighted by atomic mass is 32.1. The number of piperidine rings is 1. The lowest BCUT2D eigenvalue weighted by atomic mass is 9.97. The Morgan fingerprint density at radius 3 is 2.75 bits per heavy atom. The van der Waals surface area contributed by atoms with Crippen LogP contribution < -0.4 is 0 Å². The highest BCUT2D eigenvalue weighted by Crippen LogP contribution is 2.23. The molecule has 2 heterocycles. The number of nitrogens with one attached hydrogen (secondary N) is 1. The van der Waals surface area contributed by atoms with Crippen molar-refractivity contribution in [3.63, 3.8) is 0 Å². The predicted octanol–water partition coefficient (Wildman–Crippen LogP) is 3.49. The van der Waals surface area contributed by atoms with Gasteiger partial charge in [-0.1, -0.05) is 0 Å². The third-order valence-electron chi connectivity index (χ3n) is 4.33. The van der Waals surface area contributed by atoms with Gasteiger partial charge in [-0.15, -0.1) is 0 Å². The molecule has 0 spiro atoms. The van der Waals surface area contributed by atoms with Gasteiger partial charge in [0, 0.05) is 6.54 Å². The van der Waals surface area contributed by atoms with Crippen LogP contribution in [-0.4, -0.2) is 34.6 Å². The zero-order valence-corrected chi connectivity index (χ0v) is 12.8. The molecule has 1 aromatic heterocycles. The molecule has 20 heavy (non-hydrogen) atoms. The Kier molecular flexibility index (Phi) is 3.65. The van der Waals surface area contributed by atoms with Crippen molar-refractivity contribution in [1.29, 1.82) is 0 Å². The first-order valence-corrected chi connectivity index (χ1v) is 7.52. The number of imidazole rings is 1. The number of aromatic amines is 1. The van der Waals surface area contributed by atoms with E-state index in [4.69, 9.17) is 12.2 Å². The number of likely N-dealkylation sites (tertiary alicyclic amines) is 1. The van der Waals surface area contributed by atoms with E-state index in [0.717, 1.165) is 30.7 Å². The Bertz CT molecular complexity index is 680. The van der Waals surface area contributed by atoms with E-state index in [1.165, 1.54) is 12.8 Å². The van der Waals surface area contributed by atoms with E-state index in [2.05, 4.69) is 21.5 Å². The SMILES string of the molecule is Cc1cc2c(cc1F)[nH]c(=S)n2CC1CCN(C)CC1. The second kappa shape index (κ2) is 5.30. The summed E-state index contributed by atoms with van der Waals surface area (Å²) in [6.07, 6.45) is 2.40. The zero-order valence-electron chi connectivity index (χ0n) is 11.9. The molecule has 3 nitrogen and oxygen atoms in total. The van der Waals surface area contributed by atoms with Crippen LogP contribution >= 0.6 is 12.2 Å². The van der Waals surface area contributed by atoms with Gasteiger partial charge in [-0.2, -0.15) is 0 Å². The Morgan fingerprint density at radius 1 is 1.35 bits per heavy atom. The monoisotopic (exact) mass is 293 g/mol. The first-order chi connectivity index (χ1) is 9.54. The van der Waals surface area contributed by atoms with E-state index in [1.807, 2.05) is 6.07 Å². The zero-order chi connectivity index (χ0) is 14.3. The fourth-order valence-corrected chi connectivity index (χ4v) is 3.25. The average molecular weight is 293 g/mol. The minimum Gasteiger partial charge on any atom is -0.330 e. The summed E-state index contributed by atoms with van der Waals surface area (Å²) in [6, 6.07) is 3.44. The third-order valence-corrected chi connectivity index (χ3v) is 4.66. The fourth-order valence-electron chi connectivity index (χ4n) is 2.97. The molecule has 3 rings (SSSR count). The third kappa shape index (κ3) is 2.52. The minimum absolute atomic E-state index is 0.180. The van der Waals surface area contributed by atoms with Crippen LogP contribution in [0.4, 0.5) is 4.39 Å². The summed E-state index contributed by atoms with van der Waals surface area (Å²) < 4.78 is 16.5. The summed E-state index contributed by atoms with van der Waals surface area (Å²) in [7, 11) is 2.17. The van der Waals surface area contributed by atoms with Crippen LogP contribution in [0.15, 0.2) is 12.1 Å². The lowest BCUT2D eigenvalue weighted by Gasteiger charge is -2.29. The van der Waals surface area contributed by atoms with Crippen LogP contribution in [0.25, 0.3) is 11.0 Å². The smallest absolute Gasteiger partial charge is 0.178 e. The van der Waals surface area contributed by atoms with Crippen LogP contribution in [0.5, 0.6) is 0 Å². The van der Waals surface area contributed by atoms with Crippen LogP contribution in [0.1, 0.15) is 18.4 Å². The molecule has 108 valence electrons. The van der Waals surface area contributed by atoms with Crippen LogP contribution in [0.3, 0.4) is 0 Å². The second-order valence-corrected chi connectivity index (χ2v) is 6.29. The average Bonchev–Trinajstić information content (AvgIpc) is 2.69. The van der Waals surface area contributed by atoms with Crippen molar-refractivity contribution in [2.45, 2.75) is 26.3 Å². The summed E-state index contributed by atoms with van der Waals surface area (Å²) in [4.78, 5) is 5.49. The highest BCUT2D eigenvalue weighted by molar-refractivity contribution is 7.71. The maximum atomic E-state index is 13.6. The van der Waals surface area contributed by atoms with Gasteiger partial charge in [-0.05, 0) is 75.7 Å².